The Morgan fingerprint density at radius 1 is 1.29 bits per heavy atom. The highest BCUT2D eigenvalue weighted by Crippen LogP contribution is 2.35. The van der Waals surface area contributed by atoms with Gasteiger partial charge in [0.25, 0.3) is 15.5 Å². The lowest BCUT2D eigenvalue weighted by molar-refractivity contribution is 0.145. The molecule has 5 nitrogen and oxygen atoms in total. The van der Waals surface area contributed by atoms with Gasteiger partial charge in [0.1, 0.15) is 4.90 Å². The highest BCUT2D eigenvalue weighted by molar-refractivity contribution is 8.13. The fourth-order valence-electron chi connectivity index (χ4n) is 1.12. The van der Waals surface area contributed by atoms with Crippen LogP contribution in [0.2, 0.25) is 0 Å². The van der Waals surface area contributed by atoms with Gasteiger partial charge in [-0.25, -0.2) is 17.2 Å². The molecular weight excluding hydrogens is 280 g/mol. The third-order valence-electron chi connectivity index (χ3n) is 1.83. The van der Waals surface area contributed by atoms with E-state index >= 15 is 0 Å². The van der Waals surface area contributed by atoms with Crippen LogP contribution in [0.15, 0.2) is 11.0 Å². The minimum absolute atomic E-state index is 0.402. The summed E-state index contributed by atoms with van der Waals surface area (Å²) in [5.41, 5.74) is -0.674. The lowest BCUT2D eigenvalue weighted by Crippen LogP contribution is -2.04. The summed E-state index contributed by atoms with van der Waals surface area (Å²) < 4.78 is 56.8. The van der Waals surface area contributed by atoms with Crippen LogP contribution in [0.25, 0.3) is 0 Å². The Balaban J connectivity index is 3.56. The molecule has 0 aliphatic rings. The second-order valence-corrected chi connectivity index (χ2v) is 5.37. The van der Waals surface area contributed by atoms with Crippen LogP contribution in [0.3, 0.4) is 0 Å². The number of rotatable bonds is 4. The molecule has 0 fully saturated rings. The van der Waals surface area contributed by atoms with Gasteiger partial charge in [-0.05, 0) is 6.07 Å². The van der Waals surface area contributed by atoms with Gasteiger partial charge in [0.15, 0.2) is 0 Å². The molecule has 0 aliphatic heterocycles. The summed E-state index contributed by atoms with van der Waals surface area (Å²) in [4.78, 5) is 2.88. The number of hydrogen-bond acceptors (Lipinski definition) is 5. The largest absolute Gasteiger partial charge is 0.481 e. The average Bonchev–Trinajstić information content (AvgIpc) is 2.25. The molecule has 0 aliphatic carbocycles. The smallest absolute Gasteiger partial charge is 0.269 e. The number of methoxy groups -OCH3 is 2. The van der Waals surface area contributed by atoms with Gasteiger partial charge in [0.05, 0.1) is 19.8 Å². The zero-order valence-corrected chi connectivity index (χ0v) is 10.3. The Kier molecular flexibility index (Phi) is 4.10. The van der Waals surface area contributed by atoms with Crippen LogP contribution in [0.1, 0.15) is 12.0 Å². The normalized spacial score (nSPS) is 11.6. The molecule has 0 saturated carbocycles. The van der Waals surface area contributed by atoms with Crippen LogP contribution in [0.5, 0.6) is 11.8 Å². The van der Waals surface area contributed by atoms with E-state index in [2.05, 4.69) is 14.5 Å². The van der Waals surface area contributed by atoms with Gasteiger partial charge in [-0.1, -0.05) is 0 Å². The van der Waals surface area contributed by atoms with E-state index < -0.39 is 37.7 Å². The number of aromatic nitrogens is 1. The summed E-state index contributed by atoms with van der Waals surface area (Å²) in [5, 5.41) is 0. The predicted molar refractivity (Wildman–Crippen MR) is 55.3 cm³/mol. The first-order valence-corrected chi connectivity index (χ1v) is 6.48. The fourth-order valence-corrected chi connectivity index (χ4v) is 2.05. The molecule has 17 heavy (non-hydrogen) atoms. The SMILES string of the molecule is COc1nc(OC)c(S(=O)(=O)Cl)cc1C(F)F. The minimum atomic E-state index is -4.23. The molecule has 0 unspecified atom stereocenters. The van der Waals surface area contributed by atoms with Gasteiger partial charge in [0.2, 0.25) is 11.8 Å². The van der Waals surface area contributed by atoms with Crippen molar-refractivity contribution in [3.63, 3.8) is 0 Å². The van der Waals surface area contributed by atoms with Crippen molar-refractivity contribution in [3.05, 3.63) is 11.6 Å². The summed E-state index contributed by atoms with van der Waals surface area (Å²) in [6.45, 7) is 0. The van der Waals surface area contributed by atoms with E-state index in [9.17, 15) is 17.2 Å². The molecular formula is C8H8ClF2NO4S. The average molecular weight is 288 g/mol. The van der Waals surface area contributed by atoms with Crippen molar-refractivity contribution in [2.75, 3.05) is 14.2 Å². The van der Waals surface area contributed by atoms with Gasteiger partial charge < -0.3 is 9.47 Å². The van der Waals surface area contributed by atoms with E-state index in [1.165, 1.54) is 0 Å². The van der Waals surface area contributed by atoms with Crippen molar-refractivity contribution in [3.8, 4) is 11.8 Å². The molecule has 0 saturated heterocycles. The molecule has 96 valence electrons. The predicted octanol–water partition coefficient (Wildman–Crippen LogP) is 1.96. The van der Waals surface area contributed by atoms with Gasteiger partial charge >= 0.3 is 0 Å². The second kappa shape index (κ2) is 5.01. The molecule has 0 bridgehead atoms. The molecule has 0 atom stereocenters. The molecule has 1 rings (SSSR count). The Morgan fingerprint density at radius 3 is 2.18 bits per heavy atom. The van der Waals surface area contributed by atoms with Crippen molar-refractivity contribution >= 4 is 19.7 Å². The molecule has 0 spiro atoms. The van der Waals surface area contributed by atoms with Crippen LogP contribution >= 0.6 is 10.7 Å². The second-order valence-electron chi connectivity index (χ2n) is 2.83. The lowest BCUT2D eigenvalue weighted by Gasteiger charge is -2.11. The van der Waals surface area contributed by atoms with Gasteiger partial charge in [-0.15, -0.1) is 0 Å². The van der Waals surface area contributed by atoms with Crippen LogP contribution in [0.4, 0.5) is 8.78 Å². The maximum atomic E-state index is 12.6. The number of hydrogen-bond donors (Lipinski definition) is 0. The van der Waals surface area contributed by atoms with Crippen molar-refractivity contribution < 1.29 is 26.7 Å². The van der Waals surface area contributed by atoms with E-state index in [-0.39, 0.29) is 0 Å². The van der Waals surface area contributed by atoms with E-state index in [0.717, 1.165) is 14.2 Å². The summed E-state index contributed by atoms with van der Waals surface area (Å²) in [7, 11) is 3.11. The minimum Gasteiger partial charge on any atom is -0.481 e. The Hall–Kier alpha value is -1.15. The van der Waals surface area contributed by atoms with Gasteiger partial charge in [-0.3, -0.25) is 0 Å². The maximum absolute atomic E-state index is 12.6. The zero-order valence-electron chi connectivity index (χ0n) is 8.78. The lowest BCUT2D eigenvalue weighted by atomic mass is 10.3. The van der Waals surface area contributed by atoms with Crippen LogP contribution in [-0.2, 0) is 9.05 Å². The molecule has 0 radical (unpaired) electrons. The molecule has 0 aromatic carbocycles. The molecule has 9 heteroatoms. The number of nitrogens with zero attached hydrogens (tertiary/aromatic N) is 1. The Morgan fingerprint density at radius 2 is 1.82 bits per heavy atom. The Labute approximate surface area is 101 Å². The van der Waals surface area contributed by atoms with Crippen molar-refractivity contribution in [2.45, 2.75) is 11.3 Å². The zero-order chi connectivity index (χ0) is 13.2. The van der Waals surface area contributed by atoms with E-state index in [1.54, 1.807) is 0 Å². The highest BCUT2D eigenvalue weighted by atomic mass is 35.7. The third kappa shape index (κ3) is 2.95. The van der Waals surface area contributed by atoms with Crippen LogP contribution in [-0.4, -0.2) is 27.6 Å². The summed E-state index contributed by atoms with van der Waals surface area (Å²) in [5.74, 6) is -0.817. The number of pyridine rings is 1. The molecule has 1 heterocycles. The van der Waals surface area contributed by atoms with Gasteiger partial charge in [-0.2, -0.15) is 4.98 Å². The number of alkyl halides is 2. The molecule has 1 aromatic heterocycles. The molecule has 1 aromatic rings. The number of halogens is 3. The first-order valence-electron chi connectivity index (χ1n) is 4.17. The molecule has 0 amide bonds. The quantitative estimate of drug-likeness (QED) is 0.792. The van der Waals surface area contributed by atoms with Crippen molar-refractivity contribution in [1.29, 1.82) is 0 Å². The van der Waals surface area contributed by atoms with Crippen LogP contribution < -0.4 is 9.47 Å². The highest BCUT2D eigenvalue weighted by Gasteiger charge is 2.25. The van der Waals surface area contributed by atoms with E-state index in [4.69, 9.17) is 10.7 Å². The van der Waals surface area contributed by atoms with E-state index in [1.807, 2.05) is 0 Å². The van der Waals surface area contributed by atoms with Gasteiger partial charge in [0, 0.05) is 10.7 Å². The van der Waals surface area contributed by atoms with Crippen molar-refractivity contribution in [2.24, 2.45) is 0 Å². The summed E-state index contributed by atoms with van der Waals surface area (Å²) in [6, 6.07) is 0.678. The topological polar surface area (TPSA) is 65.5 Å². The summed E-state index contributed by atoms with van der Waals surface area (Å²) in [6.07, 6.45) is -2.94. The van der Waals surface area contributed by atoms with Crippen molar-refractivity contribution in [1.82, 2.24) is 4.98 Å². The standard InChI is InChI=1S/C8H8ClF2NO4S/c1-15-7-4(6(10)11)3-5(17(9,13)14)8(12-7)16-2/h3,6H,1-2H3. The first-order chi connectivity index (χ1) is 7.81. The fraction of sp³-hybridized carbons (Fsp3) is 0.375. The maximum Gasteiger partial charge on any atom is 0.269 e. The monoisotopic (exact) mass is 287 g/mol. The third-order valence-corrected chi connectivity index (χ3v) is 3.15. The Bertz CT molecular complexity index is 521. The first kappa shape index (κ1) is 13.9. The van der Waals surface area contributed by atoms with E-state index in [0.29, 0.717) is 6.07 Å². The number of ether oxygens (including phenoxy) is 2. The summed E-state index contributed by atoms with van der Waals surface area (Å²) >= 11 is 0. The van der Waals surface area contributed by atoms with Crippen LogP contribution in [0, 0.1) is 0 Å². The molecule has 0 N–H and O–H groups in total.